The van der Waals surface area contributed by atoms with Gasteiger partial charge in [-0.1, -0.05) is 30.3 Å². The van der Waals surface area contributed by atoms with Gasteiger partial charge in [-0.2, -0.15) is 0 Å². The highest BCUT2D eigenvalue weighted by Crippen LogP contribution is 2.49. The molecule has 0 radical (unpaired) electrons. The van der Waals surface area contributed by atoms with Gasteiger partial charge in [0, 0.05) is 12.2 Å². The van der Waals surface area contributed by atoms with E-state index in [1.807, 2.05) is 59.5 Å². The summed E-state index contributed by atoms with van der Waals surface area (Å²) in [5.41, 5.74) is -1.03. The van der Waals surface area contributed by atoms with Crippen molar-refractivity contribution in [3.8, 4) is 5.75 Å². The maximum atomic E-state index is 13.2. The number of nitrogens with zero attached hydrogens (tertiary/aromatic N) is 1. The van der Waals surface area contributed by atoms with Crippen molar-refractivity contribution < 1.29 is 19.4 Å². The van der Waals surface area contributed by atoms with Gasteiger partial charge in [0.05, 0.1) is 13.7 Å². The summed E-state index contributed by atoms with van der Waals surface area (Å²) in [5.74, 6) is 0.297. The van der Waals surface area contributed by atoms with Gasteiger partial charge in [-0.3, -0.25) is 0 Å². The standard InChI is InChI=1S/C21H25NO4/c1-4-26-19(23)21(16-8-6-5-7-9-16)20(2,24)14-15-22(21)17-10-12-18(25-3)13-11-17/h5-13,24H,4,14-15H2,1-3H3. The molecule has 1 saturated heterocycles. The normalized spacial score (nSPS) is 25.2. The summed E-state index contributed by atoms with van der Waals surface area (Å²) < 4.78 is 10.7. The molecule has 5 heteroatoms. The van der Waals surface area contributed by atoms with E-state index in [0.29, 0.717) is 13.0 Å². The Morgan fingerprint density at radius 3 is 2.38 bits per heavy atom. The Morgan fingerprint density at radius 2 is 1.81 bits per heavy atom. The van der Waals surface area contributed by atoms with Crippen molar-refractivity contribution in [2.75, 3.05) is 25.2 Å². The number of esters is 1. The van der Waals surface area contributed by atoms with Crippen LogP contribution in [0.5, 0.6) is 5.75 Å². The average molecular weight is 355 g/mol. The molecule has 1 heterocycles. The minimum Gasteiger partial charge on any atom is -0.497 e. The highest BCUT2D eigenvalue weighted by atomic mass is 16.5. The van der Waals surface area contributed by atoms with Crippen LogP contribution in [-0.4, -0.2) is 36.9 Å². The van der Waals surface area contributed by atoms with Crippen LogP contribution in [0.25, 0.3) is 0 Å². The van der Waals surface area contributed by atoms with E-state index in [9.17, 15) is 9.90 Å². The lowest BCUT2D eigenvalue weighted by Crippen LogP contribution is -2.60. The van der Waals surface area contributed by atoms with E-state index < -0.39 is 17.1 Å². The van der Waals surface area contributed by atoms with Crippen molar-refractivity contribution in [2.24, 2.45) is 0 Å². The van der Waals surface area contributed by atoms with Crippen molar-refractivity contribution in [1.82, 2.24) is 0 Å². The number of hydrogen-bond acceptors (Lipinski definition) is 5. The lowest BCUT2D eigenvalue weighted by atomic mass is 9.75. The molecule has 3 rings (SSSR count). The van der Waals surface area contributed by atoms with Crippen LogP contribution in [0.15, 0.2) is 54.6 Å². The van der Waals surface area contributed by atoms with Crippen molar-refractivity contribution in [3.05, 3.63) is 60.2 Å². The first kappa shape index (κ1) is 18.3. The van der Waals surface area contributed by atoms with Gasteiger partial charge in [0.15, 0.2) is 5.54 Å². The smallest absolute Gasteiger partial charge is 0.339 e. The van der Waals surface area contributed by atoms with Gasteiger partial charge in [0.25, 0.3) is 0 Å². The molecule has 2 unspecified atom stereocenters. The SMILES string of the molecule is CCOC(=O)C1(c2ccccc2)N(c2ccc(OC)cc2)CCC1(C)O. The fourth-order valence-corrected chi connectivity index (χ4v) is 3.88. The summed E-state index contributed by atoms with van der Waals surface area (Å²) in [6.07, 6.45) is 0.451. The number of aliphatic hydroxyl groups is 1. The molecule has 1 N–H and O–H groups in total. The summed E-state index contributed by atoms with van der Waals surface area (Å²) >= 11 is 0. The van der Waals surface area contributed by atoms with Crippen molar-refractivity contribution in [3.63, 3.8) is 0 Å². The minimum atomic E-state index is -1.31. The van der Waals surface area contributed by atoms with E-state index >= 15 is 0 Å². The van der Waals surface area contributed by atoms with Crippen LogP contribution in [0.3, 0.4) is 0 Å². The number of benzene rings is 2. The van der Waals surface area contributed by atoms with Crippen LogP contribution in [0.2, 0.25) is 0 Å². The molecule has 138 valence electrons. The summed E-state index contributed by atoms with van der Waals surface area (Å²) in [5, 5.41) is 11.3. The van der Waals surface area contributed by atoms with Crippen molar-refractivity contribution in [1.29, 1.82) is 0 Å². The molecular formula is C21H25NO4. The molecule has 0 aromatic heterocycles. The summed E-state index contributed by atoms with van der Waals surface area (Å²) in [6, 6.07) is 16.9. The van der Waals surface area contributed by atoms with E-state index in [-0.39, 0.29) is 6.61 Å². The first-order valence-electron chi connectivity index (χ1n) is 8.84. The Hall–Kier alpha value is -2.53. The van der Waals surface area contributed by atoms with Crippen LogP contribution in [0.4, 0.5) is 5.69 Å². The molecular weight excluding hydrogens is 330 g/mol. The summed E-state index contributed by atoms with van der Waals surface area (Å²) in [7, 11) is 1.61. The molecule has 5 nitrogen and oxygen atoms in total. The van der Waals surface area contributed by atoms with Crippen LogP contribution in [-0.2, 0) is 15.1 Å². The second kappa shape index (κ2) is 7.00. The zero-order chi connectivity index (χ0) is 18.8. The third-order valence-corrected chi connectivity index (χ3v) is 5.15. The topological polar surface area (TPSA) is 59.0 Å². The average Bonchev–Trinajstić information content (AvgIpc) is 2.94. The van der Waals surface area contributed by atoms with Gasteiger partial charge >= 0.3 is 5.97 Å². The molecule has 1 aliphatic rings. The van der Waals surface area contributed by atoms with Crippen LogP contribution >= 0.6 is 0 Å². The molecule has 0 saturated carbocycles. The molecule has 0 amide bonds. The first-order valence-corrected chi connectivity index (χ1v) is 8.84. The third-order valence-electron chi connectivity index (χ3n) is 5.15. The van der Waals surface area contributed by atoms with Gasteiger partial charge in [-0.15, -0.1) is 0 Å². The third kappa shape index (κ3) is 2.72. The fraction of sp³-hybridized carbons (Fsp3) is 0.381. The first-order chi connectivity index (χ1) is 12.5. The quantitative estimate of drug-likeness (QED) is 0.835. The zero-order valence-electron chi connectivity index (χ0n) is 15.4. The highest BCUT2D eigenvalue weighted by molar-refractivity contribution is 5.90. The van der Waals surface area contributed by atoms with Crippen LogP contribution in [0, 0.1) is 0 Å². The molecule has 2 atom stereocenters. The van der Waals surface area contributed by atoms with Crippen molar-refractivity contribution >= 4 is 11.7 Å². The molecule has 0 bridgehead atoms. The number of hydrogen-bond donors (Lipinski definition) is 1. The minimum absolute atomic E-state index is 0.250. The summed E-state index contributed by atoms with van der Waals surface area (Å²) in [6.45, 7) is 4.27. The van der Waals surface area contributed by atoms with Gasteiger partial charge in [0.2, 0.25) is 0 Å². The van der Waals surface area contributed by atoms with Gasteiger partial charge < -0.3 is 19.5 Å². The Bertz CT molecular complexity index is 757. The number of carbonyl (C=O) groups is 1. The Morgan fingerprint density at radius 1 is 1.15 bits per heavy atom. The van der Waals surface area contributed by atoms with Crippen LogP contribution in [0.1, 0.15) is 25.8 Å². The molecule has 1 aliphatic heterocycles. The fourth-order valence-electron chi connectivity index (χ4n) is 3.88. The van der Waals surface area contributed by atoms with Gasteiger partial charge in [-0.05, 0) is 50.1 Å². The molecule has 2 aromatic carbocycles. The number of methoxy groups -OCH3 is 1. The Kier molecular flexibility index (Phi) is 4.92. The zero-order valence-corrected chi connectivity index (χ0v) is 15.4. The molecule has 26 heavy (non-hydrogen) atoms. The Labute approximate surface area is 154 Å². The summed E-state index contributed by atoms with van der Waals surface area (Å²) in [4.78, 5) is 15.2. The van der Waals surface area contributed by atoms with E-state index in [1.54, 1.807) is 21.0 Å². The van der Waals surface area contributed by atoms with Gasteiger partial charge in [0.1, 0.15) is 11.4 Å². The van der Waals surface area contributed by atoms with Crippen LogP contribution < -0.4 is 9.64 Å². The number of carbonyl (C=O) groups excluding carboxylic acids is 1. The molecule has 1 fully saturated rings. The maximum Gasteiger partial charge on any atom is 0.339 e. The maximum absolute atomic E-state index is 13.2. The molecule has 0 aliphatic carbocycles. The largest absolute Gasteiger partial charge is 0.497 e. The lowest BCUT2D eigenvalue weighted by molar-refractivity contribution is -0.159. The van der Waals surface area contributed by atoms with E-state index in [4.69, 9.17) is 9.47 Å². The van der Waals surface area contributed by atoms with E-state index in [2.05, 4.69) is 0 Å². The second-order valence-electron chi connectivity index (χ2n) is 6.67. The lowest BCUT2D eigenvalue weighted by Gasteiger charge is -2.44. The Balaban J connectivity index is 2.19. The van der Waals surface area contributed by atoms with Crippen molar-refractivity contribution in [2.45, 2.75) is 31.4 Å². The highest BCUT2D eigenvalue weighted by Gasteiger charge is 2.63. The predicted molar refractivity (Wildman–Crippen MR) is 100 cm³/mol. The second-order valence-corrected chi connectivity index (χ2v) is 6.67. The monoisotopic (exact) mass is 355 g/mol. The predicted octanol–water partition coefficient (Wildman–Crippen LogP) is 3.11. The number of anilines is 1. The number of ether oxygens (including phenoxy) is 2. The molecule has 0 spiro atoms. The number of rotatable bonds is 5. The van der Waals surface area contributed by atoms with E-state index in [1.165, 1.54) is 0 Å². The van der Waals surface area contributed by atoms with E-state index in [0.717, 1.165) is 17.0 Å². The molecule has 2 aromatic rings. The van der Waals surface area contributed by atoms with Gasteiger partial charge in [-0.25, -0.2) is 4.79 Å².